The van der Waals surface area contributed by atoms with Gasteiger partial charge in [-0.1, -0.05) is 36.4 Å². The molecule has 1 saturated heterocycles. The van der Waals surface area contributed by atoms with E-state index < -0.39 is 0 Å². The number of nitrogens with zero attached hydrogens (tertiary/aromatic N) is 4. The lowest BCUT2D eigenvalue weighted by Crippen LogP contribution is -2.42. The van der Waals surface area contributed by atoms with Crippen molar-refractivity contribution in [1.82, 2.24) is 19.4 Å². The van der Waals surface area contributed by atoms with Crippen molar-refractivity contribution >= 4 is 11.8 Å². The smallest absolute Gasteiger partial charge is 0.273 e. The van der Waals surface area contributed by atoms with Crippen LogP contribution in [-0.4, -0.2) is 57.3 Å². The van der Waals surface area contributed by atoms with Crippen LogP contribution in [0, 0.1) is 13.8 Å². The Hall–Kier alpha value is -3.41. The predicted octanol–water partition coefficient (Wildman–Crippen LogP) is 4.10. The Balaban J connectivity index is 1.57. The monoisotopic (exact) mass is 442 g/mol. The van der Waals surface area contributed by atoms with Crippen LogP contribution in [0.4, 0.5) is 0 Å². The first-order chi connectivity index (χ1) is 15.8. The fourth-order valence-electron chi connectivity index (χ4n) is 5.21. The number of rotatable bonds is 3. The number of aromatic nitrogens is 2. The molecule has 0 aliphatic carbocycles. The summed E-state index contributed by atoms with van der Waals surface area (Å²) in [5.41, 5.74) is 5.49. The molecule has 1 aromatic heterocycles. The third kappa shape index (κ3) is 3.63. The molecule has 2 aliphatic heterocycles. The fraction of sp³-hybridized carbons (Fsp3) is 0.370. The minimum Gasteiger partial charge on any atom is -0.343 e. The summed E-state index contributed by atoms with van der Waals surface area (Å²) in [4.78, 5) is 35.2. The van der Waals surface area contributed by atoms with E-state index in [9.17, 15) is 9.59 Å². The molecule has 1 fully saturated rings. The molecule has 2 unspecified atom stereocenters. The summed E-state index contributed by atoms with van der Waals surface area (Å²) in [6, 6.07) is 16.1. The normalized spacial score (nSPS) is 19.2. The average Bonchev–Trinajstić information content (AvgIpc) is 3.31. The van der Waals surface area contributed by atoms with Gasteiger partial charge in [0.1, 0.15) is 11.5 Å². The molecule has 2 amide bonds. The standard InChI is InChI=1S/C27H30N4O2/c1-17-10-11-20(14-18(17)2)26(32)31-21-12-13-22(31)16-30-23(15-21)24(27(33)29(3)4)28-25(30)19-8-6-5-7-9-19/h5-11,14,21-22H,12-13,15-16H2,1-4H3. The number of fused-ring (bicyclic) bond motifs is 3. The molecule has 2 atom stereocenters. The van der Waals surface area contributed by atoms with E-state index in [1.165, 1.54) is 5.56 Å². The van der Waals surface area contributed by atoms with E-state index in [0.717, 1.165) is 41.1 Å². The number of imidazole rings is 1. The van der Waals surface area contributed by atoms with Crippen LogP contribution in [-0.2, 0) is 13.0 Å². The van der Waals surface area contributed by atoms with Gasteiger partial charge in [-0.3, -0.25) is 9.59 Å². The minimum absolute atomic E-state index is 0.0689. The van der Waals surface area contributed by atoms with Gasteiger partial charge in [0.25, 0.3) is 11.8 Å². The van der Waals surface area contributed by atoms with E-state index in [4.69, 9.17) is 4.98 Å². The Kier molecular flexibility index (Phi) is 5.31. The van der Waals surface area contributed by atoms with Crippen molar-refractivity contribution in [2.75, 3.05) is 14.1 Å². The number of aryl methyl sites for hydroxylation is 2. The third-order valence-electron chi connectivity index (χ3n) is 7.14. The second-order valence-electron chi connectivity index (χ2n) is 9.51. The van der Waals surface area contributed by atoms with Gasteiger partial charge in [0.15, 0.2) is 0 Å². The quantitative estimate of drug-likeness (QED) is 0.614. The maximum absolute atomic E-state index is 13.7. The molecule has 0 N–H and O–H groups in total. The van der Waals surface area contributed by atoms with Crippen molar-refractivity contribution in [3.63, 3.8) is 0 Å². The van der Waals surface area contributed by atoms with Gasteiger partial charge in [-0.2, -0.15) is 0 Å². The molecule has 2 bridgehead atoms. The van der Waals surface area contributed by atoms with E-state index >= 15 is 0 Å². The molecule has 33 heavy (non-hydrogen) atoms. The zero-order valence-corrected chi connectivity index (χ0v) is 19.7. The Morgan fingerprint density at radius 2 is 1.70 bits per heavy atom. The Morgan fingerprint density at radius 1 is 0.970 bits per heavy atom. The van der Waals surface area contributed by atoms with Gasteiger partial charge in [-0.05, 0) is 49.9 Å². The maximum Gasteiger partial charge on any atom is 0.273 e. The summed E-state index contributed by atoms with van der Waals surface area (Å²) in [7, 11) is 3.52. The lowest BCUT2D eigenvalue weighted by Gasteiger charge is -2.28. The van der Waals surface area contributed by atoms with Gasteiger partial charge in [-0.15, -0.1) is 0 Å². The number of benzene rings is 2. The van der Waals surface area contributed by atoms with Gasteiger partial charge >= 0.3 is 0 Å². The number of hydrogen-bond acceptors (Lipinski definition) is 3. The third-order valence-corrected chi connectivity index (χ3v) is 7.14. The largest absolute Gasteiger partial charge is 0.343 e. The van der Waals surface area contributed by atoms with Gasteiger partial charge in [-0.25, -0.2) is 4.98 Å². The van der Waals surface area contributed by atoms with E-state index in [1.54, 1.807) is 19.0 Å². The van der Waals surface area contributed by atoms with Crippen molar-refractivity contribution in [1.29, 1.82) is 0 Å². The molecule has 170 valence electrons. The second-order valence-corrected chi connectivity index (χ2v) is 9.51. The predicted molar refractivity (Wildman–Crippen MR) is 128 cm³/mol. The van der Waals surface area contributed by atoms with Crippen LogP contribution in [0.25, 0.3) is 11.4 Å². The van der Waals surface area contributed by atoms with Crippen molar-refractivity contribution in [3.8, 4) is 11.4 Å². The SMILES string of the molecule is Cc1ccc(C(=O)N2C3CCC2Cn2c(-c4ccccc4)nc(C(=O)N(C)C)c2C3)cc1C. The van der Waals surface area contributed by atoms with Crippen LogP contribution >= 0.6 is 0 Å². The maximum atomic E-state index is 13.7. The molecular formula is C27H30N4O2. The highest BCUT2D eigenvalue weighted by atomic mass is 16.2. The highest BCUT2D eigenvalue weighted by molar-refractivity contribution is 5.96. The van der Waals surface area contributed by atoms with Gasteiger partial charge in [0.2, 0.25) is 0 Å². The van der Waals surface area contributed by atoms with Crippen LogP contribution in [0.3, 0.4) is 0 Å². The molecule has 3 heterocycles. The second kappa shape index (κ2) is 8.18. The molecule has 2 aromatic carbocycles. The van der Waals surface area contributed by atoms with Gasteiger partial charge in [0, 0.05) is 44.2 Å². The average molecular weight is 443 g/mol. The molecule has 0 radical (unpaired) electrons. The van der Waals surface area contributed by atoms with E-state index in [0.29, 0.717) is 18.7 Å². The van der Waals surface area contributed by atoms with Crippen molar-refractivity contribution in [2.45, 2.75) is 51.7 Å². The summed E-state index contributed by atoms with van der Waals surface area (Å²) in [5.74, 6) is 0.804. The fourth-order valence-corrected chi connectivity index (χ4v) is 5.21. The van der Waals surface area contributed by atoms with Crippen LogP contribution in [0.1, 0.15) is 50.5 Å². The Bertz CT molecular complexity index is 1230. The van der Waals surface area contributed by atoms with Crippen LogP contribution in [0.2, 0.25) is 0 Å². The zero-order chi connectivity index (χ0) is 23.3. The minimum atomic E-state index is -0.0919. The summed E-state index contributed by atoms with van der Waals surface area (Å²) in [6.07, 6.45) is 2.55. The number of hydrogen-bond donors (Lipinski definition) is 0. The zero-order valence-electron chi connectivity index (χ0n) is 19.7. The molecular weight excluding hydrogens is 412 g/mol. The molecule has 6 nitrogen and oxygen atoms in total. The van der Waals surface area contributed by atoms with Crippen molar-refractivity contribution in [2.24, 2.45) is 0 Å². The van der Waals surface area contributed by atoms with E-state index in [2.05, 4.69) is 16.4 Å². The lowest BCUT2D eigenvalue weighted by atomic mass is 10.0. The first-order valence-corrected chi connectivity index (χ1v) is 11.6. The summed E-state index contributed by atoms with van der Waals surface area (Å²) < 4.78 is 2.19. The van der Waals surface area contributed by atoms with Gasteiger partial charge in [0.05, 0.1) is 11.7 Å². The number of amides is 2. The van der Waals surface area contributed by atoms with E-state index in [1.807, 2.05) is 55.5 Å². The van der Waals surface area contributed by atoms with E-state index in [-0.39, 0.29) is 23.9 Å². The first kappa shape index (κ1) is 21.4. The highest BCUT2D eigenvalue weighted by Gasteiger charge is 2.42. The Morgan fingerprint density at radius 3 is 2.39 bits per heavy atom. The van der Waals surface area contributed by atoms with Crippen LogP contribution < -0.4 is 0 Å². The topological polar surface area (TPSA) is 58.4 Å². The molecule has 0 saturated carbocycles. The summed E-state index contributed by atoms with van der Waals surface area (Å²) >= 11 is 0. The van der Waals surface area contributed by atoms with Crippen molar-refractivity contribution in [3.05, 3.63) is 76.6 Å². The van der Waals surface area contributed by atoms with Crippen molar-refractivity contribution < 1.29 is 9.59 Å². The molecule has 2 aliphatic rings. The lowest BCUT2D eigenvalue weighted by molar-refractivity contribution is 0.0666. The Labute approximate surface area is 194 Å². The molecule has 0 spiro atoms. The molecule has 6 heteroatoms. The summed E-state index contributed by atoms with van der Waals surface area (Å²) in [5, 5.41) is 0. The van der Waals surface area contributed by atoms with Crippen LogP contribution in [0.15, 0.2) is 48.5 Å². The summed E-state index contributed by atoms with van der Waals surface area (Å²) in [6.45, 7) is 4.76. The van der Waals surface area contributed by atoms with Crippen LogP contribution in [0.5, 0.6) is 0 Å². The first-order valence-electron chi connectivity index (χ1n) is 11.6. The highest BCUT2D eigenvalue weighted by Crippen LogP contribution is 2.36. The molecule has 5 rings (SSSR count). The van der Waals surface area contributed by atoms with Gasteiger partial charge < -0.3 is 14.4 Å². The number of carbonyl (C=O) groups is 2. The number of carbonyl (C=O) groups excluding carboxylic acids is 2. The molecule has 3 aromatic rings.